The Morgan fingerprint density at radius 1 is 1.28 bits per heavy atom. The van der Waals surface area contributed by atoms with Crippen molar-refractivity contribution in [2.45, 2.75) is 72.4 Å². The van der Waals surface area contributed by atoms with Crippen molar-refractivity contribution in [2.24, 2.45) is 0 Å². The summed E-state index contributed by atoms with van der Waals surface area (Å²) in [7, 11) is 0. The number of carbonyl (C=O) groups excluding carboxylic acids is 1. The van der Waals surface area contributed by atoms with Gasteiger partial charge in [-0.05, 0) is 70.2 Å². The van der Waals surface area contributed by atoms with Gasteiger partial charge in [0, 0.05) is 43.2 Å². The molecule has 3 aromatic rings. The van der Waals surface area contributed by atoms with Crippen LogP contribution >= 0.6 is 0 Å². The van der Waals surface area contributed by atoms with Gasteiger partial charge in [-0.15, -0.1) is 0 Å². The molecule has 0 bridgehead atoms. The van der Waals surface area contributed by atoms with E-state index in [0.29, 0.717) is 12.8 Å². The number of nitrogens with one attached hydrogen (secondary N) is 1. The van der Waals surface area contributed by atoms with E-state index in [0.717, 1.165) is 72.9 Å². The molecule has 1 N–H and O–H groups in total. The van der Waals surface area contributed by atoms with Crippen molar-refractivity contribution in [3.05, 3.63) is 58.3 Å². The molecule has 0 aromatic carbocycles. The summed E-state index contributed by atoms with van der Waals surface area (Å²) in [5.41, 5.74) is 7.50. The highest BCUT2D eigenvalue weighted by atomic mass is 16.1. The molecular formula is C25H34N6O. The van der Waals surface area contributed by atoms with Gasteiger partial charge in [-0.3, -0.25) is 14.7 Å². The number of rotatable bonds is 8. The van der Waals surface area contributed by atoms with Crippen LogP contribution in [0.4, 0.5) is 0 Å². The second-order valence-electron chi connectivity index (χ2n) is 8.85. The standard InChI is InChI=1S/C25H34N6O/c1-5-12-27-25(32)11-10-20-18(3)28-24-15-21(29-31(24)19(20)4)23-9-7-14-30(23)16-22-17(2)8-6-13-26-22/h6,8,13,15,23H,5,7,9-12,14,16H2,1-4H3,(H,27,32). The third-order valence-corrected chi connectivity index (χ3v) is 6.53. The Morgan fingerprint density at radius 2 is 2.12 bits per heavy atom. The van der Waals surface area contributed by atoms with E-state index in [1.807, 2.05) is 23.7 Å². The Hall–Kier alpha value is -2.80. The summed E-state index contributed by atoms with van der Waals surface area (Å²) in [5, 5.41) is 7.93. The van der Waals surface area contributed by atoms with E-state index >= 15 is 0 Å². The van der Waals surface area contributed by atoms with Gasteiger partial charge in [0.1, 0.15) is 0 Å². The number of amides is 1. The maximum absolute atomic E-state index is 12.1. The number of fused-ring (bicyclic) bond motifs is 1. The van der Waals surface area contributed by atoms with E-state index in [1.54, 1.807) is 0 Å². The Balaban J connectivity index is 1.56. The van der Waals surface area contributed by atoms with Crippen LogP contribution in [0.1, 0.15) is 72.6 Å². The van der Waals surface area contributed by atoms with Crippen molar-refractivity contribution >= 4 is 11.6 Å². The highest BCUT2D eigenvalue weighted by Crippen LogP contribution is 2.33. The fourth-order valence-electron chi connectivity index (χ4n) is 4.69. The van der Waals surface area contributed by atoms with Crippen molar-refractivity contribution in [1.29, 1.82) is 0 Å². The molecule has 1 atom stereocenters. The molecule has 0 radical (unpaired) electrons. The highest BCUT2D eigenvalue weighted by molar-refractivity contribution is 5.76. The molecule has 7 nitrogen and oxygen atoms in total. The first-order valence-corrected chi connectivity index (χ1v) is 11.7. The zero-order valence-corrected chi connectivity index (χ0v) is 19.7. The number of likely N-dealkylation sites (tertiary alicyclic amines) is 1. The molecule has 4 heterocycles. The van der Waals surface area contributed by atoms with Gasteiger partial charge in [-0.1, -0.05) is 13.0 Å². The summed E-state index contributed by atoms with van der Waals surface area (Å²) < 4.78 is 1.96. The van der Waals surface area contributed by atoms with Crippen molar-refractivity contribution in [2.75, 3.05) is 13.1 Å². The number of hydrogen-bond acceptors (Lipinski definition) is 5. The molecule has 32 heavy (non-hydrogen) atoms. The molecule has 4 rings (SSSR count). The average Bonchev–Trinajstić information content (AvgIpc) is 3.40. The van der Waals surface area contributed by atoms with Gasteiger partial charge in [0.05, 0.1) is 17.4 Å². The Labute approximate surface area is 190 Å². The van der Waals surface area contributed by atoms with Crippen LogP contribution in [0.25, 0.3) is 5.65 Å². The van der Waals surface area contributed by atoms with Gasteiger partial charge in [0.15, 0.2) is 5.65 Å². The van der Waals surface area contributed by atoms with Crippen LogP contribution in [-0.4, -0.2) is 43.5 Å². The number of nitrogens with zero attached hydrogens (tertiary/aromatic N) is 5. The van der Waals surface area contributed by atoms with Crippen LogP contribution in [0, 0.1) is 20.8 Å². The number of pyridine rings is 1. The van der Waals surface area contributed by atoms with Crippen LogP contribution in [0.3, 0.4) is 0 Å². The normalized spacial score (nSPS) is 16.7. The zero-order valence-electron chi connectivity index (χ0n) is 19.7. The number of aromatic nitrogens is 4. The minimum absolute atomic E-state index is 0.0957. The summed E-state index contributed by atoms with van der Waals surface area (Å²) in [5.74, 6) is 0.0957. The van der Waals surface area contributed by atoms with E-state index < -0.39 is 0 Å². The summed E-state index contributed by atoms with van der Waals surface area (Å²) in [6, 6.07) is 6.52. The van der Waals surface area contributed by atoms with Crippen LogP contribution in [0.5, 0.6) is 0 Å². The second kappa shape index (κ2) is 9.77. The molecule has 1 amide bonds. The lowest BCUT2D eigenvalue weighted by molar-refractivity contribution is -0.121. The Bertz CT molecular complexity index is 1110. The van der Waals surface area contributed by atoms with Crippen molar-refractivity contribution < 1.29 is 4.79 Å². The molecule has 0 aliphatic carbocycles. The molecule has 170 valence electrons. The van der Waals surface area contributed by atoms with E-state index in [1.165, 1.54) is 5.56 Å². The fourth-order valence-corrected chi connectivity index (χ4v) is 4.69. The summed E-state index contributed by atoms with van der Waals surface area (Å²) >= 11 is 0. The van der Waals surface area contributed by atoms with Gasteiger partial charge in [-0.2, -0.15) is 5.10 Å². The molecular weight excluding hydrogens is 400 g/mol. The molecule has 0 spiro atoms. The Kier molecular flexibility index (Phi) is 6.84. The van der Waals surface area contributed by atoms with Crippen molar-refractivity contribution in [3.63, 3.8) is 0 Å². The lowest BCUT2D eigenvalue weighted by atomic mass is 10.1. The number of carbonyl (C=O) groups is 1. The zero-order chi connectivity index (χ0) is 22.7. The molecule has 1 unspecified atom stereocenters. The fraction of sp³-hybridized carbons (Fsp3) is 0.520. The van der Waals surface area contributed by atoms with Gasteiger partial charge < -0.3 is 5.32 Å². The Morgan fingerprint density at radius 3 is 2.91 bits per heavy atom. The van der Waals surface area contributed by atoms with Crippen molar-refractivity contribution in [3.8, 4) is 0 Å². The van der Waals surface area contributed by atoms with E-state index in [2.05, 4.69) is 48.1 Å². The molecule has 7 heteroatoms. The SMILES string of the molecule is CCCNC(=O)CCc1c(C)nc2cc(C3CCCN3Cc3ncccc3C)nn2c1C. The minimum Gasteiger partial charge on any atom is -0.356 e. The first-order valence-electron chi connectivity index (χ1n) is 11.7. The first-order chi connectivity index (χ1) is 15.5. The first kappa shape index (κ1) is 22.4. The van der Waals surface area contributed by atoms with E-state index in [9.17, 15) is 4.79 Å². The molecule has 1 fully saturated rings. The summed E-state index contributed by atoms with van der Waals surface area (Å²) in [4.78, 5) is 24.0. The van der Waals surface area contributed by atoms with Crippen LogP contribution in [0.2, 0.25) is 0 Å². The maximum Gasteiger partial charge on any atom is 0.220 e. The minimum atomic E-state index is 0.0957. The third-order valence-electron chi connectivity index (χ3n) is 6.53. The molecule has 0 saturated carbocycles. The van der Waals surface area contributed by atoms with Crippen LogP contribution in [-0.2, 0) is 17.8 Å². The summed E-state index contributed by atoms with van der Waals surface area (Å²) in [6.07, 6.45) is 6.23. The topological polar surface area (TPSA) is 75.4 Å². The third kappa shape index (κ3) is 4.67. The lowest BCUT2D eigenvalue weighted by Gasteiger charge is -2.23. The van der Waals surface area contributed by atoms with E-state index in [-0.39, 0.29) is 11.9 Å². The number of hydrogen-bond donors (Lipinski definition) is 1. The van der Waals surface area contributed by atoms with Gasteiger partial charge in [0.2, 0.25) is 5.91 Å². The predicted molar refractivity (Wildman–Crippen MR) is 125 cm³/mol. The smallest absolute Gasteiger partial charge is 0.220 e. The molecule has 1 aliphatic heterocycles. The van der Waals surface area contributed by atoms with Crippen LogP contribution in [0.15, 0.2) is 24.4 Å². The van der Waals surface area contributed by atoms with E-state index in [4.69, 9.17) is 10.1 Å². The number of aryl methyl sites for hydroxylation is 3. The van der Waals surface area contributed by atoms with Gasteiger partial charge in [-0.25, -0.2) is 9.50 Å². The summed E-state index contributed by atoms with van der Waals surface area (Å²) in [6.45, 7) is 10.9. The second-order valence-corrected chi connectivity index (χ2v) is 8.85. The molecule has 1 saturated heterocycles. The van der Waals surface area contributed by atoms with Crippen LogP contribution < -0.4 is 5.32 Å². The predicted octanol–water partition coefficient (Wildman–Crippen LogP) is 3.85. The van der Waals surface area contributed by atoms with Gasteiger partial charge in [0.25, 0.3) is 0 Å². The monoisotopic (exact) mass is 434 g/mol. The average molecular weight is 435 g/mol. The largest absolute Gasteiger partial charge is 0.356 e. The maximum atomic E-state index is 12.1. The quantitative estimate of drug-likeness (QED) is 0.583. The molecule has 1 aliphatic rings. The van der Waals surface area contributed by atoms with Crippen molar-refractivity contribution in [1.82, 2.24) is 29.8 Å². The molecule has 3 aromatic heterocycles. The lowest BCUT2D eigenvalue weighted by Crippen LogP contribution is -2.24. The van der Waals surface area contributed by atoms with Gasteiger partial charge >= 0.3 is 0 Å². The highest BCUT2D eigenvalue weighted by Gasteiger charge is 2.29.